The van der Waals surface area contributed by atoms with E-state index in [1.165, 1.54) is 22.3 Å². The number of thiophene rings is 1. The van der Waals surface area contributed by atoms with E-state index in [2.05, 4.69) is 32.5 Å². The van der Waals surface area contributed by atoms with Gasteiger partial charge in [0, 0.05) is 12.3 Å². The fourth-order valence-corrected chi connectivity index (χ4v) is 5.74. The van der Waals surface area contributed by atoms with Gasteiger partial charge in [0.2, 0.25) is 11.8 Å². The molecule has 1 fully saturated rings. The van der Waals surface area contributed by atoms with E-state index in [0.717, 1.165) is 5.56 Å². The topological polar surface area (TPSA) is 135 Å². The van der Waals surface area contributed by atoms with E-state index in [-0.39, 0.29) is 19.1 Å². The van der Waals surface area contributed by atoms with Crippen LogP contribution in [-0.2, 0) is 9.53 Å². The standard InChI is InChI=1S/C28H24N6O5S/c1-3-21(35)31-17-13-38-14-18(17)32-26(36)25-24-23-19(9-10-29-27(23)40-25)34(28(37)33-24)20-12-30-22(11-15(20)2)39-16-7-5-4-6-8-16/h3-12,17-18H,1,13-14H2,2H3,(H,31,35)(H,32,36)(H,33,37)/t17-,18-/m1/s1. The van der Waals surface area contributed by atoms with Gasteiger partial charge in [-0.15, -0.1) is 11.3 Å². The number of para-hydroxylation sites is 1. The Morgan fingerprint density at radius 1 is 1.15 bits per heavy atom. The molecule has 1 aromatic carbocycles. The summed E-state index contributed by atoms with van der Waals surface area (Å²) in [6.45, 7) is 5.84. The number of amides is 4. The minimum absolute atomic E-state index is 0.244. The third kappa shape index (κ3) is 4.63. The molecule has 40 heavy (non-hydrogen) atoms. The highest BCUT2D eigenvalue weighted by Crippen LogP contribution is 2.46. The number of nitrogens with one attached hydrogen (secondary N) is 3. The summed E-state index contributed by atoms with van der Waals surface area (Å²) in [6.07, 6.45) is 4.36. The second-order valence-electron chi connectivity index (χ2n) is 9.24. The summed E-state index contributed by atoms with van der Waals surface area (Å²) in [5.74, 6) is 0.308. The van der Waals surface area contributed by atoms with Crippen LogP contribution in [0.4, 0.5) is 21.9 Å². The van der Waals surface area contributed by atoms with Gasteiger partial charge >= 0.3 is 6.03 Å². The van der Waals surface area contributed by atoms with Gasteiger partial charge < -0.3 is 25.4 Å². The summed E-state index contributed by atoms with van der Waals surface area (Å²) in [4.78, 5) is 49.9. The van der Waals surface area contributed by atoms with Gasteiger partial charge in [-0.2, -0.15) is 0 Å². The molecule has 0 unspecified atom stereocenters. The zero-order valence-corrected chi connectivity index (χ0v) is 22.2. The monoisotopic (exact) mass is 556 g/mol. The molecule has 2 aliphatic heterocycles. The number of carbonyl (C=O) groups excluding carboxylic acids is 3. The summed E-state index contributed by atoms with van der Waals surface area (Å²) in [5, 5.41) is 9.23. The molecule has 4 amide bonds. The Morgan fingerprint density at radius 3 is 2.67 bits per heavy atom. The van der Waals surface area contributed by atoms with Crippen LogP contribution in [0.5, 0.6) is 11.6 Å². The van der Waals surface area contributed by atoms with Gasteiger partial charge in [-0.1, -0.05) is 24.8 Å². The molecule has 202 valence electrons. The van der Waals surface area contributed by atoms with Crippen LogP contribution in [-0.4, -0.2) is 53.1 Å². The first-order chi connectivity index (χ1) is 19.4. The Hall–Kier alpha value is -4.81. The molecule has 5 heterocycles. The van der Waals surface area contributed by atoms with Gasteiger partial charge in [-0.3, -0.25) is 14.5 Å². The Morgan fingerprint density at radius 2 is 1.93 bits per heavy atom. The van der Waals surface area contributed by atoms with Crippen molar-refractivity contribution in [3.63, 3.8) is 0 Å². The van der Waals surface area contributed by atoms with Crippen LogP contribution in [0, 0.1) is 6.92 Å². The summed E-state index contributed by atoms with van der Waals surface area (Å²) >= 11 is 1.18. The molecule has 1 saturated heterocycles. The average molecular weight is 557 g/mol. The molecule has 6 rings (SSSR count). The first-order valence-corrected chi connectivity index (χ1v) is 13.3. The summed E-state index contributed by atoms with van der Waals surface area (Å²) < 4.78 is 11.3. The molecule has 12 heteroatoms. The highest BCUT2D eigenvalue weighted by atomic mass is 32.1. The molecule has 0 radical (unpaired) electrons. The maximum atomic E-state index is 13.5. The Balaban J connectivity index is 1.30. The highest BCUT2D eigenvalue weighted by Gasteiger charge is 2.36. The number of aromatic nitrogens is 2. The third-order valence-electron chi connectivity index (χ3n) is 6.63. The van der Waals surface area contributed by atoms with Gasteiger partial charge in [0.25, 0.3) is 5.91 Å². The van der Waals surface area contributed by atoms with Crippen LogP contribution in [0.2, 0.25) is 0 Å². The van der Waals surface area contributed by atoms with Gasteiger partial charge in [0.05, 0.1) is 53.9 Å². The van der Waals surface area contributed by atoms with E-state index >= 15 is 0 Å². The zero-order chi connectivity index (χ0) is 27.8. The largest absolute Gasteiger partial charge is 0.439 e. The number of carbonyl (C=O) groups is 3. The number of pyridine rings is 2. The number of hydrogen-bond donors (Lipinski definition) is 3. The van der Waals surface area contributed by atoms with Gasteiger partial charge in [-0.05, 0) is 36.8 Å². The van der Waals surface area contributed by atoms with Crippen molar-refractivity contribution in [2.45, 2.75) is 19.0 Å². The lowest BCUT2D eigenvalue weighted by Gasteiger charge is -2.29. The smallest absolute Gasteiger partial charge is 0.331 e. The van der Waals surface area contributed by atoms with Crippen molar-refractivity contribution in [1.29, 1.82) is 0 Å². The fourth-order valence-electron chi connectivity index (χ4n) is 4.72. The van der Waals surface area contributed by atoms with E-state index in [0.29, 0.717) is 43.8 Å². The molecular formula is C28H24N6O5S. The van der Waals surface area contributed by atoms with Crippen molar-refractivity contribution in [3.8, 4) is 11.6 Å². The average Bonchev–Trinajstić information content (AvgIpc) is 3.55. The lowest BCUT2D eigenvalue weighted by molar-refractivity contribution is -0.117. The van der Waals surface area contributed by atoms with E-state index in [1.54, 1.807) is 24.5 Å². The Labute approximate surface area is 232 Å². The number of anilines is 3. The van der Waals surface area contributed by atoms with Gasteiger partial charge in [0.1, 0.15) is 15.5 Å². The second kappa shape index (κ2) is 10.4. The predicted molar refractivity (Wildman–Crippen MR) is 150 cm³/mol. The zero-order valence-electron chi connectivity index (χ0n) is 21.3. The number of rotatable bonds is 7. The summed E-state index contributed by atoms with van der Waals surface area (Å²) in [7, 11) is 0. The third-order valence-corrected chi connectivity index (χ3v) is 7.72. The van der Waals surface area contributed by atoms with E-state index in [4.69, 9.17) is 9.47 Å². The molecule has 3 aromatic heterocycles. The number of nitrogens with zero attached hydrogens (tertiary/aromatic N) is 3. The minimum Gasteiger partial charge on any atom is -0.439 e. The van der Waals surface area contributed by atoms with Gasteiger partial charge in [0.15, 0.2) is 0 Å². The number of ether oxygens (including phenoxy) is 2. The van der Waals surface area contributed by atoms with Crippen LogP contribution in [0.1, 0.15) is 15.2 Å². The molecule has 0 saturated carbocycles. The molecule has 2 aliphatic rings. The number of aryl methyl sites for hydroxylation is 1. The van der Waals surface area contributed by atoms with Crippen LogP contribution >= 0.6 is 11.3 Å². The SMILES string of the molecule is C=CC(=O)N[C@@H]1COC[C@H]1NC(=O)c1sc2nccc3c2c1NC(=O)N3c1cnc(Oc2ccccc2)cc1C. The van der Waals surface area contributed by atoms with Crippen LogP contribution in [0.25, 0.3) is 10.2 Å². The molecule has 0 spiro atoms. The lowest BCUT2D eigenvalue weighted by Crippen LogP contribution is -2.50. The van der Waals surface area contributed by atoms with Crippen molar-refractivity contribution >= 4 is 56.5 Å². The maximum absolute atomic E-state index is 13.5. The van der Waals surface area contributed by atoms with E-state index in [1.807, 2.05) is 37.3 Å². The minimum atomic E-state index is -0.442. The Bertz CT molecular complexity index is 1660. The quantitative estimate of drug-likeness (QED) is 0.289. The molecule has 0 aliphatic carbocycles. The summed E-state index contributed by atoms with van der Waals surface area (Å²) in [5.41, 5.74) is 2.31. The molecular weight excluding hydrogens is 532 g/mol. The summed E-state index contributed by atoms with van der Waals surface area (Å²) in [6, 6.07) is 11.5. The van der Waals surface area contributed by atoms with Crippen molar-refractivity contribution in [3.05, 3.63) is 78.0 Å². The van der Waals surface area contributed by atoms with Crippen molar-refractivity contribution in [2.24, 2.45) is 0 Å². The Kier molecular flexibility index (Phi) is 6.62. The first-order valence-electron chi connectivity index (χ1n) is 12.5. The van der Waals surface area contributed by atoms with Crippen LogP contribution < -0.4 is 25.6 Å². The fraction of sp³-hybridized carbons (Fsp3) is 0.179. The lowest BCUT2D eigenvalue weighted by atomic mass is 10.1. The van der Waals surface area contributed by atoms with Crippen molar-refractivity contribution in [1.82, 2.24) is 20.6 Å². The number of hydrogen-bond acceptors (Lipinski definition) is 8. The van der Waals surface area contributed by atoms with Crippen LogP contribution in [0.15, 0.2) is 67.5 Å². The first kappa shape index (κ1) is 25.5. The molecule has 0 bridgehead atoms. The van der Waals surface area contributed by atoms with E-state index < -0.39 is 24.0 Å². The van der Waals surface area contributed by atoms with E-state index in [9.17, 15) is 14.4 Å². The number of urea groups is 1. The van der Waals surface area contributed by atoms with Crippen molar-refractivity contribution in [2.75, 3.05) is 23.4 Å². The van der Waals surface area contributed by atoms with Gasteiger partial charge in [-0.25, -0.2) is 14.8 Å². The maximum Gasteiger partial charge on any atom is 0.331 e. The normalized spacial score (nSPS) is 17.8. The second-order valence-corrected chi connectivity index (χ2v) is 10.2. The molecule has 2 atom stereocenters. The number of benzene rings is 1. The molecule has 11 nitrogen and oxygen atoms in total. The molecule has 4 aromatic rings. The predicted octanol–water partition coefficient (Wildman–Crippen LogP) is 4.28. The molecule has 3 N–H and O–H groups in total. The van der Waals surface area contributed by atoms with Crippen LogP contribution in [0.3, 0.4) is 0 Å². The highest BCUT2D eigenvalue weighted by molar-refractivity contribution is 7.21. The van der Waals surface area contributed by atoms with Crippen molar-refractivity contribution < 1.29 is 23.9 Å².